The van der Waals surface area contributed by atoms with E-state index in [0.717, 1.165) is 34.8 Å². The molecule has 0 fully saturated rings. The Balaban J connectivity index is 0.00000176. The van der Waals surface area contributed by atoms with Gasteiger partial charge in [0.25, 0.3) is 0 Å². The summed E-state index contributed by atoms with van der Waals surface area (Å²) in [5.41, 5.74) is 2.22. The molecule has 0 aliphatic heterocycles. The maximum Gasteiger partial charge on any atom is 0.223 e. The largest absolute Gasteiger partial charge is 0.256 e. The fourth-order valence-corrected chi connectivity index (χ4v) is 2.96. The van der Waals surface area contributed by atoms with Crippen molar-refractivity contribution in [2.24, 2.45) is 4.99 Å². The first-order chi connectivity index (χ1) is 10.4. The standard InChI is InChI=1S/C17H17N3S.BrH/c1-2-13-18-17-19-16(14-9-5-3-6-10-14)20(21-17)15-11-7-4-8-12-15;/h3-12H,2,13H2,1H3;1H. The van der Waals surface area contributed by atoms with E-state index in [1.54, 1.807) is 11.5 Å². The molecule has 114 valence electrons. The highest BCUT2D eigenvalue weighted by Crippen LogP contribution is 2.21. The topological polar surface area (TPSA) is 30.2 Å². The Labute approximate surface area is 144 Å². The number of benzene rings is 2. The molecular weight excluding hydrogens is 358 g/mol. The first kappa shape index (κ1) is 16.6. The van der Waals surface area contributed by atoms with E-state index < -0.39 is 0 Å². The van der Waals surface area contributed by atoms with Crippen molar-refractivity contribution in [2.75, 3.05) is 6.54 Å². The van der Waals surface area contributed by atoms with Crippen LogP contribution in [0, 0.1) is 0 Å². The third-order valence-corrected chi connectivity index (χ3v) is 4.01. The number of hydrogen-bond acceptors (Lipinski definition) is 3. The Morgan fingerprint density at radius 3 is 2.27 bits per heavy atom. The van der Waals surface area contributed by atoms with Gasteiger partial charge in [-0.1, -0.05) is 55.5 Å². The molecule has 0 radical (unpaired) electrons. The summed E-state index contributed by atoms with van der Waals surface area (Å²) in [6.07, 6.45) is 1.03. The smallest absolute Gasteiger partial charge is 0.223 e. The van der Waals surface area contributed by atoms with Gasteiger partial charge in [0.2, 0.25) is 4.80 Å². The lowest BCUT2D eigenvalue weighted by molar-refractivity contribution is 0.898. The second-order valence-corrected chi connectivity index (χ2v) is 5.60. The Bertz CT molecular complexity index is 703. The summed E-state index contributed by atoms with van der Waals surface area (Å²) >= 11 is 1.59. The van der Waals surface area contributed by atoms with Crippen molar-refractivity contribution < 1.29 is 0 Å². The molecule has 3 nitrogen and oxygen atoms in total. The van der Waals surface area contributed by atoms with E-state index in [1.165, 1.54) is 0 Å². The average Bonchev–Trinajstić information content (AvgIpc) is 2.99. The summed E-state index contributed by atoms with van der Waals surface area (Å²) in [6.45, 7) is 2.94. The molecule has 0 saturated heterocycles. The molecule has 3 rings (SSSR count). The fraction of sp³-hybridized carbons (Fsp3) is 0.176. The monoisotopic (exact) mass is 375 g/mol. The van der Waals surface area contributed by atoms with Gasteiger partial charge in [-0.15, -0.1) is 17.0 Å². The molecule has 0 aliphatic carbocycles. The van der Waals surface area contributed by atoms with Crippen LogP contribution in [0.25, 0.3) is 17.1 Å². The summed E-state index contributed by atoms with van der Waals surface area (Å²) in [6, 6.07) is 20.5. The van der Waals surface area contributed by atoms with Gasteiger partial charge in [-0.2, -0.15) is 4.98 Å². The van der Waals surface area contributed by atoms with E-state index in [4.69, 9.17) is 4.98 Å². The fourth-order valence-electron chi connectivity index (χ4n) is 2.06. The van der Waals surface area contributed by atoms with Gasteiger partial charge in [-0.05, 0) is 30.1 Å². The number of para-hydroxylation sites is 1. The van der Waals surface area contributed by atoms with E-state index in [2.05, 4.69) is 40.1 Å². The molecule has 3 aromatic rings. The maximum atomic E-state index is 4.71. The molecule has 0 saturated carbocycles. The Morgan fingerprint density at radius 2 is 1.64 bits per heavy atom. The van der Waals surface area contributed by atoms with Gasteiger partial charge in [0.05, 0.1) is 5.69 Å². The minimum Gasteiger partial charge on any atom is -0.256 e. The van der Waals surface area contributed by atoms with Crippen molar-refractivity contribution in [3.8, 4) is 17.1 Å². The number of halogens is 1. The Morgan fingerprint density at radius 1 is 1.00 bits per heavy atom. The van der Waals surface area contributed by atoms with Crippen LogP contribution in [0.2, 0.25) is 0 Å². The van der Waals surface area contributed by atoms with Crippen molar-refractivity contribution in [1.29, 1.82) is 0 Å². The van der Waals surface area contributed by atoms with Crippen LogP contribution in [0.1, 0.15) is 13.3 Å². The Kier molecular flexibility index (Phi) is 6.10. The van der Waals surface area contributed by atoms with E-state index in [1.807, 2.05) is 36.4 Å². The average molecular weight is 376 g/mol. The normalized spacial score (nSPS) is 11.2. The van der Waals surface area contributed by atoms with Crippen molar-refractivity contribution in [1.82, 2.24) is 8.94 Å². The van der Waals surface area contributed by atoms with Gasteiger partial charge >= 0.3 is 0 Å². The number of nitrogens with zero attached hydrogens (tertiary/aromatic N) is 3. The molecule has 0 spiro atoms. The van der Waals surface area contributed by atoms with Crippen LogP contribution in [0.3, 0.4) is 0 Å². The molecule has 1 aromatic heterocycles. The highest BCUT2D eigenvalue weighted by Gasteiger charge is 2.10. The molecule has 2 aromatic carbocycles. The minimum absolute atomic E-state index is 0. The van der Waals surface area contributed by atoms with E-state index >= 15 is 0 Å². The highest BCUT2D eigenvalue weighted by molar-refractivity contribution is 8.93. The molecule has 0 bridgehead atoms. The van der Waals surface area contributed by atoms with Crippen LogP contribution in [0.4, 0.5) is 0 Å². The van der Waals surface area contributed by atoms with Crippen molar-refractivity contribution in [2.45, 2.75) is 13.3 Å². The summed E-state index contributed by atoms with van der Waals surface area (Å²) in [5.74, 6) is 0.946. The van der Waals surface area contributed by atoms with E-state index in [9.17, 15) is 0 Å². The van der Waals surface area contributed by atoms with Gasteiger partial charge in [-0.3, -0.25) is 4.99 Å². The quantitative estimate of drug-likeness (QED) is 0.660. The zero-order valence-electron chi connectivity index (χ0n) is 12.3. The van der Waals surface area contributed by atoms with E-state index in [-0.39, 0.29) is 17.0 Å². The van der Waals surface area contributed by atoms with Gasteiger partial charge in [0.15, 0.2) is 5.82 Å². The molecule has 0 amide bonds. The molecule has 0 aliphatic rings. The molecule has 0 N–H and O–H groups in total. The Hall–Kier alpha value is -1.72. The summed E-state index contributed by atoms with van der Waals surface area (Å²) < 4.78 is 2.14. The summed E-state index contributed by atoms with van der Waals surface area (Å²) in [7, 11) is 0. The second-order valence-electron chi connectivity index (χ2n) is 4.69. The molecule has 0 unspecified atom stereocenters. The van der Waals surface area contributed by atoms with Gasteiger partial charge in [0, 0.05) is 12.1 Å². The predicted molar refractivity (Wildman–Crippen MR) is 97.9 cm³/mol. The number of hydrogen-bond donors (Lipinski definition) is 0. The second kappa shape index (κ2) is 8.06. The van der Waals surface area contributed by atoms with Crippen LogP contribution < -0.4 is 4.80 Å². The van der Waals surface area contributed by atoms with Crippen LogP contribution in [0.5, 0.6) is 0 Å². The number of aromatic nitrogens is 2. The van der Waals surface area contributed by atoms with Crippen molar-refractivity contribution >= 4 is 28.5 Å². The third-order valence-electron chi connectivity index (χ3n) is 3.06. The van der Waals surface area contributed by atoms with Crippen LogP contribution in [0.15, 0.2) is 65.7 Å². The lowest BCUT2D eigenvalue weighted by atomic mass is 10.2. The highest BCUT2D eigenvalue weighted by atomic mass is 79.9. The molecule has 22 heavy (non-hydrogen) atoms. The predicted octanol–water partition coefficient (Wildman–Crippen LogP) is 4.49. The zero-order valence-corrected chi connectivity index (χ0v) is 14.9. The molecular formula is C17H18BrN3S. The van der Waals surface area contributed by atoms with E-state index in [0.29, 0.717) is 0 Å². The minimum atomic E-state index is 0. The zero-order chi connectivity index (χ0) is 14.5. The van der Waals surface area contributed by atoms with Crippen LogP contribution in [-0.2, 0) is 0 Å². The molecule has 1 heterocycles. The van der Waals surface area contributed by atoms with Crippen LogP contribution >= 0.6 is 28.5 Å². The summed E-state index contributed by atoms with van der Waals surface area (Å²) in [5, 5.41) is 0. The third kappa shape index (κ3) is 3.72. The van der Waals surface area contributed by atoms with Gasteiger partial charge in [0.1, 0.15) is 0 Å². The maximum absolute atomic E-state index is 4.71. The van der Waals surface area contributed by atoms with Crippen LogP contribution in [-0.4, -0.2) is 15.5 Å². The molecule has 5 heteroatoms. The van der Waals surface area contributed by atoms with Crippen molar-refractivity contribution in [3.63, 3.8) is 0 Å². The lowest BCUT2D eigenvalue weighted by Crippen LogP contribution is -1.99. The van der Waals surface area contributed by atoms with Gasteiger partial charge in [-0.25, -0.2) is 3.96 Å². The lowest BCUT2D eigenvalue weighted by Gasteiger charge is -2.05. The van der Waals surface area contributed by atoms with Gasteiger partial charge < -0.3 is 0 Å². The molecule has 0 atom stereocenters. The first-order valence-corrected chi connectivity index (χ1v) is 7.87. The first-order valence-electron chi connectivity index (χ1n) is 7.10. The SMILES string of the molecule is Br.CCCN=c1nc(-c2ccccc2)n(-c2ccccc2)s1. The van der Waals surface area contributed by atoms with Crippen molar-refractivity contribution in [3.05, 3.63) is 65.5 Å². The summed E-state index contributed by atoms with van der Waals surface area (Å²) in [4.78, 5) is 10.1. The number of rotatable bonds is 4.